The van der Waals surface area contributed by atoms with Gasteiger partial charge in [-0.3, -0.25) is 15.3 Å². The molecule has 32 heavy (non-hydrogen) atoms. The highest BCUT2D eigenvalue weighted by Gasteiger charge is 2.27. The molecule has 0 aliphatic carbocycles. The Morgan fingerprint density at radius 2 is 1.91 bits per heavy atom. The first-order valence-corrected chi connectivity index (χ1v) is 10.1. The van der Waals surface area contributed by atoms with Gasteiger partial charge in [0.2, 0.25) is 0 Å². The van der Waals surface area contributed by atoms with E-state index in [0.717, 1.165) is 11.6 Å². The van der Waals surface area contributed by atoms with Gasteiger partial charge in [-0.1, -0.05) is 29.8 Å². The zero-order valence-corrected chi connectivity index (χ0v) is 18.0. The van der Waals surface area contributed by atoms with E-state index in [2.05, 4.69) is 5.32 Å². The maximum absolute atomic E-state index is 12.6. The Balaban J connectivity index is 2.31. The predicted octanol–water partition coefficient (Wildman–Crippen LogP) is 3.12. The van der Waals surface area contributed by atoms with Gasteiger partial charge in [-0.25, -0.2) is 10.3 Å². The molecule has 4 N–H and O–H groups in total. The Labute approximate surface area is 186 Å². The molecule has 0 aliphatic heterocycles. The van der Waals surface area contributed by atoms with Crippen LogP contribution in [0.25, 0.3) is 0 Å². The summed E-state index contributed by atoms with van der Waals surface area (Å²) in [4.78, 5) is 24.1. The van der Waals surface area contributed by atoms with Crippen LogP contribution in [0.5, 0.6) is 5.75 Å². The van der Waals surface area contributed by atoms with Crippen LogP contribution in [0.3, 0.4) is 0 Å². The molecule has 0 fully saturated rings. The number of carbonyl (C=O) groups excluding carboxylic acids is 2. The lowest BCUT2D eigenvalue weighted by atomic mass is 10.0. The van der Waals surface area contributed by atoms with Crippen LogP contribution in [0.15, 0.2) is 60.7 Å². The number of hydroxylamine groups is 1. The maximum atomic E-state index is 12.6. The van der Waals surface area contributed by atoms with Crippen molar-refractivity contribution in [2.75, 3.05) is 25.1 Å². The fraction of sp³-hybridized carbons (Fsp3) is 0.304. The van der Waals surface area contributed by atoms with E-state index in [1.54, 1.807) is 43.3 Å². The van der Waals surface area contributed by atoms with Gasteiger partial charge < -0.3 is 19.3 Å². The number of anilines is 1. The van der Waals surface area contributed by atoms with E-state index in [1.165, 1.54) is 11.6 Å². The smallest absolute Gasteiger partial charge is 0.412 e. The Hall–Kier alpha value is -3.40. The molecular formula is C23H28N2O7. The van der Waals surface area contributed by atoms with Gasteiger partial charge in [-0.05, 0) is 49.8 Å². The topological polar surface area (TPSA) is 126 Å². The molecule has 0 radical (unpaired) electrons. The van der Waals surface area contributed by atoms with E-state index in [0.29, 0.717) is 17.0 Å². The van der Waals surface area contributed by atoms with Crippen LogP contribution in [0.2, 0.25) is 0 Å². The predicted molar refractivity (Wildman–Crippen MR) is 118 cm³/mol. The summed E-state index contributed by atoms with van der Waals surface area (Å²) >= 11 is 0. The molecule has 0 aromatic heterocycles. The van der Waals surface area contributed by atoms with E-state index in [1.807, 2.05) is 19.1 Å². The van der Waals surface area contributed by atoms with Gasteiger partial charge in [0.15, 0.2) is 6.10 Å². The monoisotopic (exact) mass is 444 g/mol. The second-order valence-electron chi connectivity index (χ2n) is 6.72. The fourth-order valence-electron chi connectivity index (χ4n) is 2.82. The number of hydrogen-bond donors (Lipinski definition) is 4. The van der Waals surface area contributed by atoms with Crippen LogP contribution in [0.4, 0.5) is 10.5 Å². The van der Waals surface area contributed by atoms with Crippen molar-refractivity contribution < 1.29 is 34.1 Å². The highest BCUT2D eigenvalue weighted by molar-refractivity contribution is 5.86. The van der Waals surface area contributed by atoms with Crippen molar-refractivity contribution in [3.8, 4) is 5.75 Å². The lowest BCUT2D eigenvalue weighted by Crippen LogP contribution is -2.28. The van der Waals surface area contributed by atoms with Gasteiger partial charge in [-0.15, -0.1) is 0 Å². The number of hydrogen-bond acceptors (Lipinski definition) is 7. The van der Waals surface area contributed by atoms with Crippen molar-refractivity contribution in [1.82, 2.24) is 5.48 Å². The first-order valence-electron chi connectivity index (χ1n) is 10.1. The average molecular weight is 444 g/mol. The molecule has 0 aliphatic rings. The third-order valence-electron chi connectivity index (χ3n) is 4.28. The molecule has 9 heteroatoms. The first kappa shape index (κ1) is 24.9. The zero-order chi connectivity index (χ0) is 23.3. The summed E-state index contributed by atoms with van der Waals surface area (Å²) in [6.07, 6.45) is -0.0268. The van der Waals surface area contributed by atoms with E-state index >= 15 is 0 Å². The largest absolute Gasteiger partial charge is 0.491 e. The molecule has 2 aromatic carbocycles. The Morgan fingerprint density at radius 3 is 2.56 bits per heavy atom. The minimum atomic E-state index is -0.944. The number of rotatable bonds is 11. The average Bonchev–Trinajstić information content (AvgIpc) is 2.80. The third-order valence-corrected chi connectivity index (χ3v) is 4.28. The highest BCUT2D eigenvalue weighted by atomic mass is 16.6. The molecule has 0 saturated heterocycles. The van der Waals surface area contributed by atoms with E-state index in [9.17, 15) is 9.59 Å². The minimum absolute atomic E-state index is 0.106. The van der Waals surface area contributed by atoms with E-state index < -0.39 is 24.2 Å². The molecule has 2 rings (SSSR count). The van der Waals surface area contributed by atoms with Gasteiger partial charge in [-0.2, -0.15) is 0 Å². The number of aryl methyl sites for hydroxylation is 1. The standard InChI is InChI=1S/C23H28N2O7/c1-3-30-20(11-12-21(27)25-29)22(17-5-4-6-19(15-17)31-14-13-26)32-23(28)24-18-9-7-16(2)8-10-18/h4-12,15,20,22,26,29H,3,13-14H2,1-2H3,(H,24,28)(H,25,27)/b12-11+/t20-,22-/m1/s1. The van der Waals surface area contributed by atoms with Gasteiger partial charge in [0.25, 0.3) is 5.91 Å². The quantitative estimate of drug-likeness (QED) is 0.238. The Bertz CT molecular complexity index is 899. The summed E-state index contributed by atoms with van der Waals surface area (Å²) in [5.41, 5.74) is 3.66. The second kappa shape index (κ2) is 13.1. The molecule has 0 unspecified atom stereocenters. The molecule has 0 saturated carbocycles. The highest BCUT2D eigenvalue weighted by Crippen LogP contribution is 2.28. The van der Waals surface area contributed by atoms with Crippen LogP contribution in [0.1, 0.15) is 24.2 Å². The SMILES string of the molecule is CCO[C@H](/C=C/C(=O)NO)[C@H](OC(=O)Nc1ccc(C)cc1)c1cccc(OCCO)c1. The maximum Gasteiger partial charge on any atom is 0.412 e. The lowest BCUT2D eigenvalue weighted by molar-refractivity contribution is -0.124. The molecule has 2 aromatic rings. The molecule has 9 nitrogen and oxygen atoms in total. The molecule has 2 amide bonds. The van der Waals surface area contributed by atoms with Crippen LogP contribution in [-0.4, -0.2) is 48.2 Å². The number of amides is 2. The Morgan fingerprint density at radius 1 is 1.16 bits per heavy atom. The lowest BCUT2D eigenvalue weighted by Gasteiger charge is -2.25. The van der Waals surface area contributed by atoms with Crippen molar-refractivity contribution in [2.45, 2.75) is 26.1 Å². The summed E-state index contributed by atoms with van der Waals surface area (Å²) in [6, 6.07) is 14.0. The molecule has 2 atom stereocenters. The first-order chi connectivity index (χ1) is 15.5. The van der Waals surface area contributed by atoms with Crippen LogP contribution in [-0.2, 0) is 14.3 Å². The molecular weight excluding hydrogens is 416 g/mol. The van der Waals surface area contributed by atoms with Crippen LogP contribution in [0, 0.1) is 6.92 Å². The Kier molecular flexibility index (Phi) is 10.2. The number of carbonyl (C=O) groups is 2. The van der Waals surface area contributed by atoms with Gasteiger partial charge in [0.1, 0.15) is 18.5 Å². The number of benzene rings is 2. The second-order valence-corrected chi connectivity index (χ2v) is 6.72. The van der Waals surface area contributed by atoms with Gasteiger partial charge in [0, 0.05) is 18.4 Å². The summed E-state index contributed by atoms with van der Waals surface area (Å²) in [7, 11) is 0. The van der Waals surface area contributed by atoms with Gasteiger partial charge >= 0.3 is 6.09 Å². The number of aliphatic hydroxyl groups is 1. The van der Waals surface area contributed by atoms with Crippen LogP contribution < -0.4 is 15.5 Å². The summed E-state index contributed by atoms with van der Waals surface area (Å²) in [5, 5.41) is 20.4. The fourth-order valence-corrected chi connectivity index (χ4v) is 2.82. The van der Waals surface area contributed by atoms with Crippen LogP contribution >= 0.6 is 0 Å². The number of aliphatic hydroxyl groups excluding tert-OH is 1. The van der Waals surface area contributed by atoms with Crippen molar-refractivity contribution >= 4 is 17.7 Å². The summed E-state index contributed by atoms with van der Waals surface area (Å²) in [5.74, 6) is -0.283. The van der Waals surface area contributed by atoms with Crippen molar-refractivity contribution in [1.29, 1.82) is 0 Å². The zero-order valence-electron chi connectivity index (χ0n) is 18.0. The number of nitrogens with one attached hydrogen (secondary N) is 2. The number of ether oxygens (including phenoxy) is 3. The van der Waals surface area contributed by atoms with Crippen molar-refractivity contribution in [2.24, 2.45) is 0 Å². The molecule has 172 valence electrons. The minimum Gasteiger partial charge on any atom is -0.491 e. The normalized spacial score (nSPS) is 12.8. The molecule has 0 bridgehead atoms. The molecule has 0 spiro atoms. The summed E-state index contributed by atoms with van der Waals surface area (Å²) in [6.45, 7) is 3.93. The van der Waals surface area contributed by atoms with Crippen molar-refractivity contribution in [3.63, 3.8) is 0 Å². The van der Waals surface area contributed by atoms with E-state index in [4.69, 9.17) is 24.5 Å². The molecule has 0 heterocycles. The van der Waals surface area contributed by atoms with Crippen molar-refractivity contribution in [3.05, 3.63) is 71.8 Å². The summed E-state index contributed by atoms with van der Waals surface area (Å²) < 4.78 is 16.8. The van der Waals surface area contributed by atoms with E-state index in [-0.39, 0.29) is 19.8 Å². The van der Waals surface area contributed by atoms with Gasteiger partial charge in [0.05, 0.1) is 6.61 Å². The third kappa shape index (κ3) is 8.03.